The molecule has 1 rings (SSSR count). The zero-order valence-corrected chi connectivity index (χ0v) is 8.42. The third kappa shape index (κ3) is 4.94. The second-order valence-corrected chi connectivity index (χ2v) is 3.02. The van der Waals surface area contributed by atoms with Crippen LogP contribution in [0.1, 0.15) is 5.56 Å². The summed E-state index contributed by atoms with van der Waals surface area (Å²) in [6.45, 7) is 1.65. The molecule has 90 valence electrons. The number of nitrogens with two attached hydrogens (primary N) is 1. The summed E-state index contributed by atoms with van der Waals surface area (Å²) in [5, 5.41) is 2.99. The average molecular weight is 235 g/mol. The first-order valence-corrected chi connectivity index (χ1v) is 4.63. The van der Waals surface area contributed by atoms with Gasteiger partial charge in [-0.3, -0.25) is 0 Å². The first-order valence-electron chi connectivity index (χ1n) is 4.63. The van der Waals surface area contributed by atoms with E-state index in [1.165, 1.54) is 18.3 Å². The summed E-state index contributed by atoms with van der Waals surface area (Å²) in [6, 6.07) is 2.69. The molecule has 0 saturated heterocycles. The molecule has 0 unspecified atom stereocenters. The van der Waals surface area contributed by atoms with E-state index in [0.717, 1.165) is 5.56 Å². The number of hydrogen-bond donors (Lipinski definition) is 2. The van der Waals surface area contributed by atoms with Crippen LogP contribution in [0.25, 0.3) is 0 Å². The lowest BCUT2D eigenvalue weighted by Gasteiger charge is -2.08. The van der Waals surface area contributed by atoms with Gasteiger partial charge in [-0.1, -0.05) is 6.07 Å². The molecule has 1 heterocycles. The lowest BCUT2D eigenvalue weighted by atomic mass is 10.3. The molecule has 0 amide bonds. The highest BCUT2D eigenvalue weighted by atomic mass is 19.4. The van der Waals surface area contributed by atoms with Crippen LogP contribution in [-0.2, 0) is 6.54 Å². The van der Waals surface area contributed by atoms with Gasteiger partial charge in [-0.05, 0) is 5.56 Å². The van der Waals surface area contributed by atoms with Crippen LogP contribution in [0.2, 0.25) is 0 Å². The maximum atomic E-state index is 11.8. The van der Waals surface area contributed by atoms with Gasteiger partial charge in [-0.15, -0.1) is 13.2 Å². The largest absolute Gasteiger partial charge is 0.574 e. The molecule has 4 nitrogen and oxygen atoms in total. The van der Waals surface area contributed by atoms with E-state index in [-0.39, 0.29) is 0 Å². The number of pyridine rings is 1. The molecule has 3 N–H and O–H groups in total. The Labute approximate surface area is 90.6 Å². The molecule has 0 saturated carbocycles. The summed E-state index contributed by atoms with van der Waals surface area (Å²) in [6.07, 6.45) is -3.38. The third-order valence-electron chi connectivity index (χ3n) is 1.67. The van der Waals surface area contributed by atoms with Gasteiger partial charge in [0.25, 0.3) is 0 Å². The number of nitrogens with zero attached hydrogens (tertiary/aromatic N) is 1. The molecule has 1 aromatic rings. The minimum atomic E-state index is -4.70. The normalized spacial score (nSPS) is 11.5. The van der Waals surface area contributed by atoms with Gasteiger partial charge in [-0.2, -0.15) is 0 Å². The summed E-state index contributed by atoms with van der Waals surface area (Å²) in [4.78, 5) is 3.53. The smallest absolute Gasteiger partial charge is 0.388 e. The van der Waals surface area contributed by atoms with Gasteiger partial charge >= 0.3 is 6.36 Å². The van der Waals surface area contributed by atoms with Crippen molar-refractivity contribution in [1.29, 1.82) is 0 Å². The minimum Gasteiger partial charge on any atom is -0.388 e. The van der Waals surface area contributed by atoms with E-state index < -0.39 is 12.2 Å². The van der Waals surface area contributed by atoms with Crippen LogP contribution in [0.15, 0.2) is 18.3 Å². The van der Waals surface area contributed by atoms with E-state index in [4.69, 9.17) is 5.73 Å². The van der Waals surface area contributed by atoms with Crippen molar-refractivity contribution >= 4 is 0 Å². The maximum absolute atomic E-state index is 11.8. The average Bonchev–Trinajstić information content (AvgIpc) is 2.19. The highest BCUT2D eigenvalue weighted by Crippen LogP contribution is 2.20. The van der Waals surface area contributed by atoms with E-state index in [2.05, 4.69) is 15.0 Å². The van der Waals surface area contributed by atoms with Gasteiger partial charge in [0.05, 0.1) is 0 Å². The van der Waals surface area contributed by atoms with Crippen LogP contribution in [0.5, 0.6) is 5.88 Å². The highest BCUT2D eigenvalue weighted by molar-refractivity contribution is 5.17. The van der Waals surface area contributed by atoms with Crippen LogP contribution in [-0.4, -0.2) is 24.4 Å². The lowest BCUT2D eigenvalue weighted by Crippen LogP contribution is -2.22. The van der Waals surface area contributed by atoms with Gasteiger partial charge in [0, 0.05) is 31.9 Å². The number of hydrogen-bond acceptors (Lipinski definition) is 4. The van der Waals surface area contributed by atoms with Crippen molar-refractivity contribution in [2.75, 3.05) is 13.1 Å². The Morgan fingerprint density at radius 3 is 2.62 bits per heavy atom. The summed E-state index contributed by atoms with van der Waals surface area (Å²) >= 11 is 0. The first kappa shape index (κ1) is 12.7. The molecule has 0 atom stereocenters. The number of ether oxygens (including phenoxy) is 1. The predicted octanol–water partition coefficient (Wildman–Crippen LogP) is 1.03. The molecule has 0 bridgehead atoms. The maximum Gasteiger partial charge on any atom is 0.574 e. The summed E-state index contributed by atoms with van der Waals surface area (Å²) in [7, 11) is 0. The number of rotatable bonds is 5. The van der Waals surface area contributed by atoms with Crippen LogP contribution in [0, 0.1) is 0 Å². The third-order valence-corrected chi connectivity index (χ3v) is 1.67. The molecule has 0 radical (unpaired) electrons. The fraction of sp³-hybridized carbons (Fsp3) is 0.444. The summed E-state index contributed by atoms with van der Waals surface area (Å²) < 4.78 is 39.0. The molecule has 0 aliphatic rings. The minimum absolute atomic E-state index is 0.463. The topological polar surface area (TPSA) is 60.2 Å². The Balaban J connectivity index is 2.48. The predicted molar refractivity (Wildman–Crippen MR) is 51.7 cm³/mol. The van der Waals surface area contributed by atoms with Crippen molar-refractivity contribution < 1.29 is 17.9 Å². The van der Waals surface area contributed by atoms with Gasteiger partial charge < -0.3 is 15.8 Å². The van der Waals surface area contributed by atoms with Gasteiger partial charge in [0.1, 0.15) is 0 Å². The van der Waals surface area contributed by atoms with E-state index in [1.54, 1.807) is 0 Å². The monoisotopic (exact) mass is 235 g/mol. The fourth-order valence-electron chi connectivity index (χ4n) is 1.03. The van der Waals surface area contributed by atoms with E-state index in [1.807, 2.05) is 0 Å². The number of alkyl halides is 3. The van der Waals surface area contributed by atoms with E-state index >= 15 is 0 Å². The Morgan fingerprint density at radius 1 is 1.38 bits per heavy atom. The highest BCUT2D eigenvalue weighted by Gasteiger charge is 2.31. The summed E-state index contributed by atoms with van der Waals surface area (Å²) in [5.41, 5.74) is 6.03. The van der Waals surface area contributed by atoms with Crippen LogP contribution in [0.4, 0.5) is 13.2 Å². The molecule has 1 aromatic heterocycles. The van der Waals surface area contributed by atoms with E-state index in [0.29, 0.717) is 19.6 Å². The molecule has 16 heavy (non-hydrogen) atoms. The Morgan fingerprint density at radius 2 is 2.12 bits per heavy atom. The molecule has 0 fully saturated rings. The molecular formula is C9H12F3N3O. The van der Waals surface area contributed by atoms with Gasteiger partial charge in [0.2, 0.25) is 5.88 Å². The van der Waals surface area contributed by atoms with Crippen molar-refractivity contribution in [3.05, 3.63) is 23.9 Å². The Bertz CT molecular complexity index is 313. The van der Waals surface area contributed by atoms with Gasteiger partial charge in [0.15, 0.2) is 0 Å². The SMILES string of the molecule is NCCNCc1ccc(OC(F)(F)F)nc1. The van der Waals surface area contributed by atoms with Crippen LogP contribution in [0.3, 0.4) is 0 Å². The molecule has 0 aliphatic heterocycles. The molecule has 0 aliphatic carbocycles. The molecule has 0 aromatic carbocycles. The standard InChI is InChI=1S/C9H12F3N3O/c10-9(11,12)16-8-2-1-7(6-15-8)5-14-4-3-13/h1-2,6,14H,3-5,13H2. The molecular weight excluding hydrogens is 223 g/mol. The zero-order valence-electron chi connectivity index (χ0n) is 8.42. The quantitative estimate of drug-likeness (QED) is 0.748. The summed E-state index contributed by atoms with van der Waals surface area (Å²) in [5.74, 6) is -0.463. The van der Waals surface area contributed by atoms with Crippen molar-refractivity contribution in [3.63, 3.8) is 0 Å². The number of nitrogens with one attached hydrogen (secondary N) is 1. The zero-order chi connectivity index (χ0) is 12.0. The number of halogens is 3. The van der Waals surface area contributed by atoms with Crippen LogP contribution < -0.4 is 15.8 Å². The lowest BCUT2D eigenvalue weighted by molar-refractivity contribution is -0.276. The number of aromatic nitrogens is 1. The molecule has 7 heteroatoms. The van der Waals surface area contributed by atoms with Crippen molar-refractivity contribution in [2.45, 2.75) is 12.9 Å². The fourth-order valence-corrected chi connectivity index (χ4v) is 1.03. The van der Waals surface area contributed by atoms with Gasteiger partial charge in [-0.25, -0.2) is 4.98 Å². The Hall–Kier alpha value is -1.34. The Kier molecular flexibility index (Phi) is 4.51. The molecule has 0 spiro atoms. The van der Waals surface area contributed by atoms with Crippen molar-refractivity contribution in [2.24, 2.45) is 5.73 Å². The van der Waals surface area contributed by atoms with Crippen LogP contribution >= 0.6 is 0 Å². The van der Waals surface area contributed by atoms with Crippen molar-refractivity contribution in [3.8, 4) is 5.88 Å². The second-order valence-electron chi connectivity index (χ2n) is 3.02. The van der Waals surface area contributed by atoms with E-state index in [9.17, 15) is 13.2 Å². The van der Waals surface area contributed by atoms with Crippen molar-refractivity contribution in [1.82, 2.24) is 10.3 Å². The first-order chi connectivity index (χ1) is 7.51. The second kappa shape index (κ2) is 5.66.